The summed E-state index contributed by atoms with van der Waals surface area (Å²) in [6.45, 7) is 2.94. The number of aromatic nitrogens is 1. The molecule has 17 heavy (non-hydrogen) atoms. The maximum Gasteiger partial charge on any atom is 0.195 e. The average Bonchev–Trinajstić information content (AvgIpc) is 2.68. The number of benzene rings is 1. The summed E-state index contributed by atoms with van der Waals surface area (Å²) in [6, 6.07) is 5.50. The lowest BCUT2D eigenvalue weighted by Gasteiger charge is -2.06. The van der Waals surface area contributed by atoms with Crippen molar-refractivity contribution < 1.29 is 4.42 Å². The minimum absolute atomic E-state index is 0.610. The molecule has 3 nitrogen and oxygen atoms in total. The van der Waals surface area contributed by atoms with Gasteiger partial charge < -0.3 is 10.2 Å². The van der Waals surface area contributed by atoms with E-state index in [4.69, 9.17) is 21.8 Å². The Morgan fingerprint density at radius 2 is 2.24 bits per heavy atom. The Hall–Kier alpha value is -1.06. The second kappa shape index (κ2) is 5.52. The number of rotatable bonds is 5. The van der Waals surface area contributed by atoms with E-state index in [9.17, 15) is 0 Å². The lowest BCUT2D eigenvalue weighted by molar-refractivity contribution is 0.451. The lowest BCUT2D eigenvalue weighted by atomic mass is 10.0. The second-order valence-electron chi connectivity index (χ2n) is 4.44. The lowest BCUT2D eigenvalue weighted by Crippen LogP contribution is -2.06. The summed E-state index contributed by atoms with van der Waals surface area (Å²) in [5.41, 5.74) is 7.16. The van der Waals surface area contributed by atoms with Gasteiger partial charge in [0.1, 0.15) is 5.52 Å². The quantitative estimate of drug-likeness (QED) is 0.887. The standard InChI is InChI=1S/C13H17ClN2O/c1-9(6-7-15)2-5-13-16-11-8-10(14)3-4-12(11)17-13/h3-4,8-9H,2,5-7,15H2,1H3. The first-order valence-corrected chi connectivity index (χ1v) is 6.32. The Kier molecular flexibility index (Phi) is 4.02. The zero-order chi connectivity index (χ0) is 12.3. The summed E-state index contributed by atoms with van der Waals surface area (Å²) < 4.78 is 5.65. The van der Waals surface area contributed by atoms with Crippen molar-refractivity contribution in [2.45, 2.75) is 26.2 Å². The van der Waals surface area contributed by atoms with Crippen LogP contribution in [0.15, 0.2) is 22.6 Å². The van der Waals surface area contributed by atoms with Crippen LogP contribution in [0.4, 0.5) is 0 Å². The molecule has 1 unspecified atom stereocenters. The monoisotopic (exact) mass is 252 g/mol. The smallest absolute Gasteiger partial charge is 0.195 e. The fourth-order valence-corrected chi connectivity index (χ4v) is 2.02. The molecule has 1 aromatic heterocycles. The Morgan fingerprint density at radius 3 is 3.00 bits per heavy atom. The summed E-state index contributed by atoms with van der Waals surface area (Å²) in [6.07, 6.45) is 2.96. The van der Waals surface area contributed by atoms with E-state index in [0.29, 0.717) is 10.9 Å². The highest BCUT2D eigenvalue weighted by Gasteiger charge is 2.08. The molecule has 1 heterocycles. The van der Waals surface area contributed by atoms with Gasteiger partial charge >= 0.3 is 0 Å². The molecule has 1 atom stereocenters. The fraction of sp³-hybridized carbons (Fsp3) is 0.462. The molecule has 2 N–H and O–H groups in total. The molecule has 4 heteroatoms. The maximum absolute atomic E-state index is 5.90. The van der Waals surface area contributed by atoms with Crippen LogP contribution in [0.5, 0.6) is 0 Å². The van der Waals surface area contributed by atoms with Gasteiger partial charge in [-0.25, -0.2) is 4.98 Å². The SMILES string of the molecule is CC(CCN)CCc1nc2cc(Cl)ccc2o1. The zero-order valence-electron chi connectivity index (χ0n) is 9.95. The summed E-state index contributed by atoms with van der Waals surface area (Å²) in [5.74, 6) is 1.39. The predicted octanol–water partition coefficient (Wildman–Crippen LogP) is 3.40. The molecule has 0 aliphatic heterocycles. The van der Waals surface area contributed by atoms with Crippen molar-refractivity contribution in [3.8, 4) is 0 Å². The summed E-state index contributed by atoms with van der Waals surface area (Å²) in [4.78, 5) is 4.42. The number of nitrogens with zero attached hydrogens (tertiary/aromatic N) is 1. The van der Waals surface area contributed by atoms with Gasteiger partial charge in [0.25, 0.3) is 0 Å². The molecule has 0 fully saturated rings. The van der Waals surface area contributed by atoms with Gasteiger partial charge in [-0.3, -0.25) is 0 Å². The Balaban J connectivity index is 2.04. The first-order chi connectivity index (χ1) is 8.19. The Bertz CT molecular complexity index is 495. The van der Waals surface area contributed by atoms with Gasteiger partial charge in [-0.05, 0) is 43.5 Å². The third kappa shape index (κ3) is 3.20. The first-order valence-electron chi connectivity index (χ1n) is 5.94. The number of hydrogen-bond donors (Lipinski definition) is 1. The Morgan fingerprint density at radius 1 is 1.41 bits per heavy atom. The molecular weight excluding hydrogens is 236 g/mol. The zero-order valence-corrected chi connectivity index (χ0v) is 10.7. The largest absolute Gasteiger partial charge is 0.441 e. The molecule has 0 radical (unpaired) electrons. The van der Waals surface area contributed by atoms with Crippen molar-refractivity contribution in [2.75, 3.05) is 6.54 Å². The highest BCUT2D eigenvalue weighted by Crippen LogP contribution is 2.21. The summed E-state index contributed by atoms with van der Waals surface area (Å²) in [7, 11) is 0. The molecule has 0 saturated carbocycles. The molecule has 0 bridgehead atoms. The second-order valence-corrected chi connectivity index (χ2v) is 4.88. The van der Waals surface area contributed by atoms with E-state index in [1.807, 2.05) is 18.2 Å². The number of aryl methyl sites for hydroxylation is 1. The summed E-state index contributed by atoms with van der Waals surface area (Å²) in [5, 5.41) is 0.689. The molecule has 0 aliphatic carbocycles. The van der Waals surface area contributed by atoms with Crippen LogP contribution < -0.4 is 5.73 Å². The number of fused-ring (bicyclic) bond motifs is 1. The molecule has 1 aromatic carbocycles. The molecular formula is C13H17ClN2O. The van der Waals surface area contributed by atoms with Crippen LogP contribution in [0.25, 0.3) is 11.1 Å². The van der Waals surface area contributed by atoms with Gasteiger partial charge in [-0.1, -0.05) is 18.5 Å². The van der Waals surface area contributed by atoms with Crippen molar-refractivity contribution in [3.05, 3.63) is 29.1 Å². The van der Waals surface area contributed by atoms with Crippen LogP contribution in [0.3, 0.4) is 0 Å². The van der Waals surface area contributed by atoms with Crippen molar-refractivity contribution >= 4 is 22.7 Å². The predicted molar refractivity (Wildman–Crippen MR) is 70.2 cm³/mol. The molecule has 92 valence electrons. The van der Waals surface area contributed by atoms with Gasteiger partial charge in [0.05, 0.1) is 0 Å². The van der Waals surface area contributed by atoms with Crippen LogP contribution in [0, 0.1) is 5.92 Å². The molecule has 2 aromatic rings. The van der Waals surface area contributed by atoms with Crippen LogP contribution in [0.2, 0.25) is 5.02 Å². The van der Waals surface area contributed by atoms with Crippen molar-refractivity contribution in [2.24, 2.45) is 11.7 Å². The van der Waals surface area contributed by atoms with E-state index in [2.05, 4.69) is 11.9 Å². The van der Waals surface area contributed by atoms with Crippen LogP contribution in [-0.2, 0) is 6.42 Å². The minimum Gasteiger partial charge on any atom is -0.441 e. The van der Waals surface area contributed by atoms with Gasteiger partial charge in [-0.15, -0.1) is 0 Å². The maximum atomic E-state index is 5.90. The molecule has 0 amide bonds. The molecule has 0 spiro atoms. The molecule has 2 rings (SSSR count). The van der Waals surface area contributed by atoms with Gasteiger partial charge in [0, 0.05) is 11.4 Å². The van der Waals surface area contributed by atoms with E-state index in [1.165, 1.54) is 0 Å². The fourth-order valence-electron chi connectivity index (χ4n) is 1.85. The van der Waals surface area contributed by atoms with Crippen LogP contribution >= 0.6 is 11.6 Å². The van der Waals surface area contributed by atoms with E-state index >= 15 is 0 Å². The topological polar surface area (TPSA) is 52.0 Å². The van der Waals surface area contributed by atoms with E-state index in [-0.39, 0.29) is 0 Å². The van der Waals surface area contributed by atoms with Crippen molar-refractivity contribution in [3.63, 3.8) is 0 Å². The highest BCUT2D eigenvalue weighted by atomic mass is 35.5. The number of halogens is 1. The van der Waals surface area contributed by atoms with E-state index < -0.39 is 0 Å². The van der Waals surface area contributed by atoms with E-state index in [1.54, 1.807) is 0 Å². The van der Waals surface area contributed by atoms with Crippen LogP contribution in [0.1, 0.15) is 25.7 Å². The van der Waals surface area contributed by atoms with E-state index in [0.717, 1.165) is 42.8 Å². The average molecular weight is 253 g/mol. The molecule has 0 aliphatic rings. The first kappa shape index (κ1) is 12.4. The Labute approximate surface area is 106 Å². The minimum atomic E-state index is 0.610. The molecule has 0 saturated heterocycles. The normalized spacial score (nSPS) is 13.1. The van der Waals surface area contributed by atoms with Gasteiger partial charge in [-0.2, -0.15) is 0 Å². The highest BCUT2D eigenvalue weighted by molar-refractivity contribution is 6.31. The third-order valence-electron chi connectivity index (χ3n) is 2.90. The number of hydrogen-bond acceptors (Lipinski definition) is 3. The third-order valence-corrected chi connectivity index (χ3v) is 3.14. The van der Waals surface area contributed by atoms with Gasteiger partial charge in [0.15, 0.2) is 11.5 Å². The summed E-state index contributed by atoms with van der Waals surface area (Å²) >= 11 is 5.90. The van der Waals surface area contributed by atoms with Crippen molar-refractivity contribution in [1.82, 2.24) is 4.98 Å². The number of oxazole rings is 1. The van der Waals surface area contributed by atoms with Gasteiger partial charge in [0.2, 0.25) is 0 Å². The van der Waals surface area contributed by atoms with Crippen LogP contribution in [-0.4, -0.2) is 11.5 Å². The number of nitrogens with two attached hydrogens (primary N) is 1. The van der Waals surface area contributed by atoms with Crippen molar-refractivity contribution in [1.29, 1.82) is 0 Å².